The van der Waals surface area contributed by atoms with Gasteiger partial charge in [-0.15, -0.1) is 0 Å². The van der Waals surface area contributed by atoms with E-state index in [1.807, 2.05) is 30.3 Å². The minimum Gasteiger partial charge on any atom is -0.467 e. The number of carbonyl (C=O) groups is 1. The molecule has 0 aliphatic rings. The molecule has 2 heterocycles. The van der Waals surface area contributed by atoms with Gasteiger partial charge in [0.1, 0.15) is 11.8 Å². The van der Waals surface area contributed by atoms with E-state index in [0.717, 1.165) is 5.56 Å². The van der Waals surface area contributed by atoms with Crippen LogP contribution in [0.5, 0.6) is 0 Å². The van der Waals surface area contributed by atoms with Crippen molar-refractivity contribution in [2.75, 3.05) is 0 Å². The predicted octanol–water partition coefficient (Wildman–Crippen LogP) is 3.78. The average Bonchev–Trinajstić information content (AvgIpc) is 3.40. The van der Waals surface area contributed by atoms with E-state index in [9.17, 15) is 19.7 Å². The third-order valence-corrected chi connectivity index (χ3v) is 4.91. The molecule has 0 bridgehead atoms. The number of furan rings is 1. The van der Waals surface area contributed by atoms with Crippen molar-refractivity contribution in [3.8, 4) is 0 Å². The fraction of sp³-hybridized carbons (Fsp3) is 0.182. The van der Waals surface area contributed by atoms with E-state index < -0.39 is 16.7 Å². The van der Waals surface area contributed by atoms with Crippen LogP contribution in [0.1, 0.15) is 30.2 Å². The van der Waals surface area contributed by atoms with Crippen LogP contribution in [-0.4, -0.2) is 15.4 Å². The van der Waals surface area contributed by atoms with E-state index in [1.54, 1.807) is 18.4 Å². The summed E-state index contributed by atoms with van der Waals surface area (Å²) >= 11 is 0. The highest BCUT2D eigenvalue weighted by atomic mass is 16.6. The number of nitrogens with zero attached hydrogens (tertiary/aromatic N) is 2. The third-order valence-electron chi connectivity index (χ3n) is 4.91. The molecule has 0 saturated carbocycles. The zero-order valence-corrected chi connectivity index (χ0v) is 16.4. The fourth-order valence-electron chi connectivity index (χ4n) is 3.43. The lowest BCUT2D eigenvalue weighted by Crippen LogP contribution is -2.29. The molecule has 2 aromatic carbocycles. The Labute approximate surface area is 176 Å². The van der Waals surface area contributed by atoms with Gasteiger partial charge in [-0.3, -0.25) is 19.5 Å². The normalized spacial score (nSPS) is 12.0. The summed E-state index contributed by atoms with van der Waals surface area (Å²) in [5.74, 6) is -0.186. The second-order valence-corrected chi connectivity index (χ2v) is 6.96. The van der Waals surface area contributed by atoms with E-state index in [2.05, 4.69) is 5.32 Å². The molecular formula is C22H19N3O6. The van der Waals surface area contributed by atoms with Gasteiger partial charge in [0, 0.05) is 19.0 Å². The first-order valence-electron chi connectivity index (χ1n) is 9.68. The van der Waals surface area contributed by atoms with Crippen molar-refractivity contribution in [2.45, 2.75) is 25.4 Å². The van der Waals surface area contributed by atoms with Crippen LogP contribution in [0, 0.1) is 10.1 Å². The van der Waals surface area contributed by atoms with Gasteiger partial charge in [-0.05, 0) is 30.2 Å². The molecule has 31 heavy (non-hydrogen) atoms. The van der Waals surface area contributed by atoms with Gasteiger partial charge in [0.2, 0.25) is 5.91 Å². The Morgan fingerprint density at radius 1 is 1.13 bits per heavy atom. The first-order chi connectivity index (χ1) is 15.0. The summed E-state index contributed by atoms with van der Waals surface area (Å²) in [6.07, 6.45) is 2.12. The van der Waals surface area contributed by atoms with Crippen molar-refractivity contribution in [3.05, 3.63) is 98.9 Å². The van der Waals surface area contributed by atoms with Gasteiger partial charge in [0.05, 0.1) is 22.8 Å². The second kappa shape index (κ2) is 8.70. The van der Waals surface area contributed by atoms with Gasteiger partial charge < -0.3 is 14.2 Å². The Hall–Kier alpha value is -4.14. The van der Waals surface area contributed by atoms with Crippen molar-refractivity contribution in [2.24, 2.45) is 0 Å². The van der Waals surface area contributed by atoms with E-state index in [0.29, 0.717) is 17.7 Å². The van der Waals surface area contributed by atoms with Crippen LogP contribution in [-0.2, 0) is 11.3 Å². The summed E-state index contributed by atoms with van der Waals surface area (Å²) in [7, 11) is 0. The van der Waals surface area contributed by atoms with Crippen LogP contribution in [0.3, 0.4) is 0 Å². The Morgan fingerprint density at radius 3 is 2.65 bits per heavy atom. The van der Waals surface area contributed by atoms with Gasteiger partial charge in [0.15, 0.2) is 5.58 Å². The van der Waals surface area contributed by atoms with Gasteiger partial charge >= 0.3 is 5.76 Å². The molecule has 0 saturated heterocycles. The molecule has 1 atom stereocenters. The molecule has 0 spiro atoms. The number of aromatic nitrogens is 1. The van der Waals surface area contributed by atoms with Crippen LogP contribution in [0.15, 0.2) is 80.6 Å². The molecule has 1 unspecified atom stereocenters. The standard InChI is InChI=1S/C22H19N3O6/c26-20(23-21(18-8-5-13-30-18)15-6-2-1-3-7-15)9-4-12-24-17-11-10-16(25(28)29)14-19(17)31-22(24)27/h1-3,5-8,10-11,13-14,21H,4,9,12H2,(H,23,26). The maximum atomic E-state index is 12.6. The molecule has 0 radical (unpaired) electrons. The minimum absolute atomic E-state index is 0.144. The van der Waals surface area contributed by atoms with Crippen molar-refractivity contribution in [3.63, 3.8) is 0 Å². The SMILES string of the molecule is O=C(CCCn1c(=O)oc2cc([N+](=O)[O-])ccc21)NC(c1ccccc1)c1ccco1. The fourth-order valence-corrected chi connectivity index (χ4v) is 3.43. The van der Waals surface area contributed by atoms with E-state index in [-0.39, 0.29) is 30.1 Å². The van der Waals surface area contributed by atoms with Gasteiger partial charge in [0.25, 0.3) is 5.69 Å². The molecule has 4 aromatic rings. The number of nitrogens with one attached hydrogen (secondary N) is 1. The molecule has 0 aliphatic heterocycles. The average molecular weight is 421 g/mol. The van der Waals surface area contributed by atoms with Gasteiger partial charge in [-0.1, -0.05) is 30.3 Å². The van der Waals surface area contributed by atoms with Crippen LogP contribution >= 0.6 is 0 Å². The summed E-state index contributed by atoms with van der Waals surface area (Å²) in [4.78, 5) is 35.0. The highest BCUT2D eigenvalue weighted by molar-refractivity contribution is 5.77. The number of amides is 1. The monoisotopic (exact) mass is 421 g/mol. The highest BCUT2D eigenvalue weighted by Crippen LogP contribution is 2.23. The number of aryl methyl sites for hydroxylation is 1. The van der Waals surface area contributed by atoms with Gasteiger partial charge in [-0.2, -0.15) is 0 Å². The highest BCUT2D eigenvalue weighted by Gasteiger charge is 2.19. The maximum Gasteiger partial charge on any atom is 0.419 e. The molecule has 9 nitrogen and oxygen atoms in total. The lowest BCUT2D eigenvalue weighted by molar-refractivity contribution is -0.384. The summed E-state index contributed by atoms with van der Waals surface area (Å²) in [6, 6.07) is 16.6. The van der Waals surface area contributed by atoms with Crippen LogP contribution in [0.25, 0.3) is 11.1 Å². The quantitative estimate of drug-likeness (QED) is 0.341. The molecule has 9 heteroatoms. The van der Waals surface area contributed by atoms with E-state index in [1.165, 1.54) is 22.8 Å². The minimum atomic E-state index is -0.617. The number of non-ortho nitro benzene ring substituents is 1. The number of oxazole rings is 1. The van der Waals surface area contributed by atoms with E-state index >= 15 is 0 Å². The molecule has 4 rings (SSSR count). The lowest BCUT2D eigenvalue weighted by atomic mass is 10.0. The number of hydrogen-bond acceptors (Lipinski definition) is 6. The summed E-state index contributed by atoms with van der Waals surface area (Å²) in [5, 5.41) is 13.9. The number of fused-ring (bicyclic) bond motifs is 1. The molecular weight excluding hydrogens is 402 g/mol. The van der Waals surface area contributed by atoms with Crippen LogP contribution in [0.2, 0.25) is 0 Å². The topological polar surface area (TPSA) is 121 Å². The van der Waals surface area contributed by atoms with Crippen molar-refractivity contribution in [1.29, 1.82) is 0 Å². The Kier molecular flexibility index (Phi) is 5.65. The predicted molar refractivity (Wildman–Crippen MR) is 111 cm³/mol. The third kappa shape index (κ3) is 4.40. The summed E-state index contributed by atoms with van der Waals surface area (Å²) in [5.41, 5.74) is 1.33. The number of nitro groups is 1. The van der Waals surface area contributed by atoms with Crippen molar-refractivity contribution >= 4 is 22.7 Å². The van der Waals surface area contributed by atoms with Crippen LogP contribution < -0.4 is 11.1 Å². The van der Waals surface area contributed by atoms with Crippen molar-refractivity contribution < 1.29 is 18.6 Å². The lowest BCUT2D eigenvalue weighted by Gasteiger charge is -2.17. The summed E-state index contributed by atoms with van der Waals surface area (Å²) in [6.45, 7) is 0.244. The smallest absolute Gasteiger partial charge is 0.419 e. The largest absolute Gasteiger partial charge is 0.467 e. The molecule has 158 valence electrons. The van der Waals surface area contributed by atoms with E-state index in [4.69, 9.17) is 8.83 Å². The first kappa shape index (κ1) is 20.1. The van der Waals surface area contributed by atoms with Crippen LogP contribution in [0.4, 0.5) is 5.69 Å². The van der Waals surface area contributed by atoms with Crippen molar-refractivity contribution in [1.82, 2.24) is 9.88 Å². The zero-order valence-electron chi connectivity index (χ0n) is 16.4. The maximum absolute atomic E-state index is 12.6. The number of nitro benzene ring substituents is 1. The van der Waals surface area contributed by atoms with Gasteiger partial charge in [-0.25, -0.2) is 4.79 Å². The molecule has 0 fully saturated rings. The summed E-state index contributed by atoms with van der Waals surface area (Å²) < 4.78 is 12.0. The zero-order chi connectivity index (χ0) is 21.8. The Morgan fingerprint density at radius 2 is 1.94 bits per heavy atom. The second-order valence-electron chi connectivity index (χ2n) is 6.96. The number of carbonyl (C=O) groups excluding carboxylic acids is 1. The molecule has 2 aromatic heterocycles. The number of hydrogen-bond donors (Lipinski definition) is 1. The number of benzene rings is 2. The molecule has 0 aliphatic carbocycles. The Balaban J connectivity index is 1.42. The Bertz CT molecular complexity index is 1260. The first-order valence-corrected chi connectivity index (χ1v) is 9.68. The number of rotatable bonds is 8. The molecule has 1 amide bonds. The molecule has 1 N–H and O–H groups in total.